The fourth-order valence-electron chi connectivity index (χ4n) is 2.89. The van der Waals surface area contributed by atoms with E-state index in [2.05, 4.69) is 14.9 Å². The molecule has 3 rings (SSSR count). The minimum atomic E-state index is -1.08. The minimum absolute atomic E-state index is 0.260. The molecule has 0 atom stereocenters. The standard InChI is InChI=1S/C16H19FN4O/c17-14-4-2-1-3-13(14)16(22)5-7-21(8-6-16)11-12-9-19-15(18)20-10-12/h1-4,9-10,22H,5-8,11H2,(H2,18,19,20). The summed E-state index contributed by atoms with van der Waals surface area (Å²) in [5.41, 5.74) is 5.76. The van der Waals surface area contributed by atoms with Crippen LogP contribution in [0.3, 0.4) is 0 Å². The minimum Gasteiger partial charge on any atom is -0.385 e. The lowest BCUT2D eigenvalue weighted by atomic mass is 9.84. The highest BCUT2D eigenvalue weighted by Crippen LogP contribution is 2.34. The van der Waals surface area contributed by atoms with Gasteiger partial charge in [0.05, 0.1) is 5.60 Å². The van der Waals surface area contributed by atoms with E-state index >= 15 is 0 Å². The van der Waals surface area contributed by atoms with Crippen LogP contribution < -0.4 is 5.73 Å². The molecule has 1 aliphatic heterocycles. The Labute approximate surface area is 128 Å². The van der Waals surface area contributed by atoms with Gasteiger partial charge in [-0.3, -0.25) is 4.90 Å². The van der Waals surface area contributed by atoms with E-state index in [0.717, 1.165) is 5.56 Å². The summed E-state index contributed by atoms with van der Waals surface area (Å²) < 4.78 is 13.9. The van der Waals surface area contributed by atoms with Crippen LogP contribution in [-0.2, 0) is 12.1 Å². The fourth-order valence-corrected chi connectivity index (χ4v) is 2.89. The number of nitrogens with zero attached hydrogens (tertiary/aromatic N) is 3. The van der Waals surface area contributed by atoms with Gasteiger partial charge in [-0.05, 0) is 18.9 Å². The van der Waals surface area contributed by atoms with E-state index in [4.69, 9.17) is 5.73 Å². The molecule has 0 radical (unpaired) electrons. The van der Waals surface area contributed by atoms with E-state index < -0.39 is 5.60 Å². The van der Waals surface area contributed by atoms with Gasteiger partial charge in [-0.2, -0.15) is 0 Å². The number of nitrogens with two attached hydrogens (primary N) is 1. The molecule has 22 heavy (non-hydrogen) atoms. The van der Waals surface area contributed by atoms with Crippen LogP contribution in [-0.4, -0.2) is 33.1 Å². The van der Waals surface area contributed by atoms with Gasteiger partial charge in [-0.25, -0.2) is 14.4 Å². The first-order chi connectivity index (χ1) is 10.6. The molecule has 0 aliphatic carbocycles. The van der Waals surface area contributed by atoms with E-state index in [0.29, 0.717) is 38.0 Å². The Kier molecular flexibility index (Phi) is 4.04. The summed E-state index contributed by atoms with van der Waals surface area (Å²) in [6, 6.07) is 6.46. The summed E-state index contributed by atoms with van der Waals surface area (Å²) in [5, 5.41) is 10.7. The summed E-state index contributed by atoms with van der Waals surface area (Å²) in [7, 11) is 0. The number of piperidine rings is 1. The van der Waals surface area contributed by atoms with Crippen molar-refractivity contribution in [2.45, 2.75) is 25.0 Å². The van der Waals surface area contributed by atoms with E-state index in [1.165, 1.54) is 6.07 Å². The number of anilines is 1. The van der Waals surface area contributed by atoms with E-state index in [1.54, 1.807) is 30.6 Å². The highest BCUT2D eigenvalue weighted by atomic mass is 19.1. The van der Waals surface area contributed by atoms with E-state index in [9.17, 15) is 9.50 Å². The third-order valence-electron chi connectivity index (χ3n) is 4.19. The van der Waals surface area contributed by atoms with Gasteiger partial charge in [-0.1, -0.05) is 18.2 Å². The number of benzene rings is 1. The molecule has 1 saturated heterocycles. The summed E-state index contributed by atoms with van der Waals surface area (Å²) >= 11 is 0. The van der Waals surface area contributed by atoms with Crippen molar-refractivity contribution in [3.8, 4) is 0 Å². The number of hydrogen-bond donors (Lipinski definition) is 2. The van der Waals surface area contributed by atoms with Crippen LogP contribution in [0.15, 0.2) is 36.7 Å². The average Bonchev–Trinajstić information content (AvgIpc) is 2.52. The van der Waals surface area contributed by atoms with Crippen molar-refractivity contribution in [3.05, 3.63) is 53.6 Å². The molecule has 0 unspecified atom stereocenters. The number of halogens is 1. The maximum absolute atomic E-state index is 13.9. The van der Waals surface area contributed by atoms with Gasteiger partial charge in [0.1, 0.15) is 5.82 Å². The molecule has 3 N–H and O–H groups in total. The van der Waals surface area contributed by atoms with Crippen molar-refractivity contribution < 1.29 is 9.50 Å². The molecular formula is C16H19FN4O. The molecule has 5 nitrogen and oxygen atoms in total. The van der Waals surface area contributed by atoms with Crippen molar-refractivity contribution in [2.24, 2.45) is 0 Å². The molecule has 1 aromatic heterocycles. The highest BCUT2D eigenvalue weighted by Gasteiger charge is 2.35. The quantitative estimate of drug-likeness (QED) is 0.902. The first kappa shape index (κ1) is 14.9. The molecule has 1 aliphatic rings. The Morgan fingerprint density at radius 3 is 2.45 bits per heavy atom. The second kappa shape index (κ2) is 5.98. The van der Waals surface area contributed by atoms with Crippen molar-refractivity contribution in [2.75, 3.05) is 18.8 Å². The number of aromatic nitrogens is 2. The molecule has 0 saturated carbocycles. The zero-order valence-electron chi connectivity index (χ0n) is 12.2. The van der Waals surface area contributed by atoms with Gasteiger partial charge in [0.15, 0.2) is 0 Å². The van der Waals surface area contributed by atoms with Crippen molar-refractivity contribution in [1.82, 2.24) is 14.9 Å². The highest BCUT2D eigenvalue weighted by molar-refractivity contribution is 5.25. The number of aliphatic hydroxyl groups is 1. The van der Waals surface area contributed by atoms with Crippen molar-refractivity contribution in [1.29, 1.82) is 0 Å². The lowest BCUT2D eigenvalue weighted by Crippen LogP contribution is -2.42. The second-order valence-corrected chi connectivity index (χ2v) is 5.74. The van der Waals surface area contributed by atoms with Gasteiger partial charge in [0, 0.05) is 43.2 Å². The average molecular weight is 302 g/mol. The first-order valence-electron chi connectivity index (χ1n) is 7.33. The van der Waals surface area contributed by atoms with Crippen LogP contribution in [0.4, 0.5) is 10.3 Å². The number of likely N-dealkylation sites (tertiary alicyclic amines) is 1. The Bertz CT molecular complexity index is 639. The zero-order chi connectivity index (χ0) is 15.6. The summed E-state index contributed by atoms with van der Waals surface area (Å²) in [6.07, 6.45) is 4.42. The van der Waals surface area contributed by atoms with Crippen LogP contribution in [0.5, 0.6) is 0 Å². The Morgan fingerprint density at radius 1 is 1.18 bits per heavy atom. The lowest BCUT2D eigenvalue weighted by molar-refractivity contribution is -0.0303. The van der Waals surface area contributed by atoms with Gasteiger partial charge in [0.2, 0.25) is 5.95 Å². The molecule has 0 amide bonds. The van der Waals surface area contributed by atoms with Crippen LogP contribution >= 0.6 is 0 Å². The second-order valence-electron chi connectivity index (χ2n) is 5.74. The molecular weight excluding hydrogens is 283 g/mol. The van der Waals surface area contributed by atoms with E-state index in [-0.39, 0.29) is 11.8 Å². The SMILES string of the molecule is Nc1ncc(CN2CCC(O)(c3ccccc3F)CC2)cn1. The van der Waals surface area contributed by atoms with Crippen molar-refractivity contribution in [3.63, 3.8) is 0 Å². The number of nitrogen functional groups attached to an aromatic ring is 1. The van der Waals surface area contributed by atoms with Crippen LogP contribution in [0, 0.1) is 5.82 Å². The zero-order valence-corrected chi connectivity index (χ0v) is 12.2. The molecule has 2 aromatic rings. The lowest BCUT2D eigenvalue weighted by Gasteiger charge is -2.38. The molecule has 116 valence electrons. The van der Waals surface area contributed by atoms with E-state index in [1.807, 2.05) is 0 Å². The van der Waals surface area contributed by atoms with Gasteiger partial charge < -0.3 is 10.8 Å². The summed E-state index contributed by atoms with van der Waals surface area (Å²) in [5.74, 6) is -0.0818. The molecule has 1 aromatic carbocycles. The number of hydrogen-bond acceptors (Lipinski definition) is 5. The normalized spacial score (nSPS) is 18.3. The molecule has 0 bridgehead atoms. The predicted octanol–water partition coefficient (Wildman–Crippen LogP) is 1.68. The Morgan fingerprint density at radius 2 is 1.82 bits per heavy atom. The maximum Gasteiger partial charge on any atom is 0.219 e. The van der Waals surface area contributed by atoms with Crippen LogP contribution in [0.25, 0.3) is 0 Å². The van der Waals surface area contributed by atoms with Gasteiger partial charge in [0.25, 0.3) is 0 Å². The smallest absolute Gasteiger partial charge is 0.219 e. The molecule has 2 heterocycles. The molecule has 6 heteroatoms. The van der Waals surface area contributed by atoms with Gasteiger partial charge >= 0.3 is 0 Å². The number of rotatable bonds is 3. The fraction of sp³-hybridized carbons (Fsp3) is 0.375. The van der Waals surface area contributed by atoms with Crippen LogP contribution in [0.1, 0.15) is 24.0 Å². The van der Waals surface area contributed by atoms with Crippen LogP contribution in [0.2, 0.25) is 0 Å². The monoisotopic (exact) mass is 302 g/mol. The maximum atomic E-state index is 13.9. The van der Waals surface area contributed by atoms with Crippen molar-refractivity contribution >= 4 is 5.95 Å². The third-order valence-corrected chi connectivity index (χ3v) is 4.19. The Balaban J connectivity index is 1.65. The summed E-state index contributed by atoms with van der Waals surface area (Å²) in [6.45, 7) is 2.08. The van der Waals surface area contributed by atoms with Gasteiger partial charge in [-0.15, -0.1) is 0 Å². The molecule has 0 spiro atoms. The topological polar surface area (TPSA) is 75.3 Å². The Hall–Kier alpha value is -2.05. The third kappa shape index (κ3) is 3.08. The predicted molar refractivity (Wildman–Crippen MR) is 81.3 cm³/mol. The largest absolute Gasteiger partial charge is 0.385 e. The molecule has 1 fully saturated rings. The summed E-state index contributed by atoms with van der Waals surface area (Å²) in [4.78, 5) is 10.1. The first-order valence-corrected chi connectivity index (χ1v) is 7.33.